The first-order valence-corrected chi connectivity index (χ1v) is 8.88. The van der Waals surface area contributed by atoms with Gasteiger partial charge in [0.1, 0.15) is 5.82 Å². The second kappa shape index (κ2) is 10.7. The van der Waals surface area contributed by atoms with Crippen LogP contribution in [0.2, 0.25) is 0 Å². The van der Waals surface area contributed by atoms with Crippen LogP contribution in [0.5, 0.6) is 0 Å². The number of nitrogens with zero attached hydrogens (tertiary/aromatic N) is 4. The molecular formula is C20H22ClN4O4-. The highest BCUT2D eigenvalue weighted by atomic mass is 35.5. The van der Waals surface area contributed by atoms with E-state index in [1.807, 2.05) is 24.3 Å². The van der Waals surface area contributed by atoms with E-state index in [0.717, 1.165) is 22.3 Å². The molecule has 3 aromatic rings. The van der Waals surface area contributed by atoms with E-state index in [0.29, 0.717) is 32.1 Å². The van der Waals surface area contributed by atoms with Gasteiger partial charge < -0.3 is 26.8 Å². The number of rotatable bonds is 9. The maximum Gasteiger partial charge on any atom is 0.269 e. The number of anilines is 1. The zero-order valence-electron chi connectivity index (χ0n) is 16.2. The van der Waals surface area contributed by atoms with Gasteiger partial charge >= 0.3 is 0 Å². The molecule has 0 aliphatic heterocycles. The van der Waals surface area contributed by atoms with Gasteiger partial charge in [0, 0.05) is 50.4 Å². The fourth-order valence-electron chi connectivity index (χ4n) is 2.89. The summed E-state index contributed by atoms with van der Waals surface area (Å²) in [6.45, 7) is 2.41. The summed E-state index contributed by atoms with van der Waals surface area (Å²) in [7, 11) is 3.32. The summed E-state index contributed by atoms with van der Waals surface area (Å²) in [5, 5.41) is 11.8. The highest BCUT2D eigenvalue weighted by Crippen LogP contribution is 2.28. The number of ether oxygens (including phenoxy) is 2. The number of nitro benzene ring substituents is 1. The fourth-order valence-corrected chi connectivity index (χ4v) is 2.89. The monoisotopic (exact) mass is 417 g/mol. The van der Waals surface area contributed by atoms with E-state index in [1.54, 1.807) is 26.4 Å². The largest absolute Gasteiger partial charge is 1.00 e. The van der Waals surface area contributed by atoms with Crippen molar-refractivity contribution in [1.29, 1.82) is 0 Å². The number of benzene rings is 2. The average molecular weight is 418 g/mol. The van der Waals surface area contributed by atoms with E-state index in [4.69, 9.17) is 14.5 Å². The topological polar surface area (TPSA) is 90.6 Å². The van der Waals surface area contributed by atoms with Crippen molar-refractivity contribution in [2.24, 2.45) is 0 Å². The van der Waals surface area contributed by atoms with Crippen molar-refractivity contribution in [3.05, 3.63) is 58.6 Å². The molecule has 9 heteroatoms. The predicted molar refractivity (Wildman–Crippen MR) is 108 cm³/mol. The second-order valence-electron chi connectivity index (χ2n) is 6.16. The lowest BCUT2D eigenvalue weighted by atomic mass is 10.1. The van der Waals surface area contributed by atoms with Crippen molar-refractivity contribution in [2.45, 2.75) is 0 Å². The van der Waals surface area contributed by atoms with Crippen LogP contribution >= 0.6 is 0 Å². The minimum Gasteiger partial charge on any atom is -1.00 e. The van der Waals surface area contributed by atoms with Gasteiger partial charge in [-0.2, -0.15) is 0 Å². The number of halogens is 1. The smallest absolute Gasteiger partial charge is 0.269 e. The standard InChI is InChI=1S/C20H22N4O4.ClH/c1-27-13-11-23(12-14-28-2)20-17-5-3-4-6-18(17)21-19(22-20)15-7-9-16(10-8-15)24(25)26;/h3-10H,11-14H2,1-2H3;1H/p-1. The van der Waals surface area contributed by atoms with Gasteiger partial charge in [0.05, 0.1) is 23.7 Å². The molecule has 154 valence electrons. The lowest BCUT2D eigenvalue weighted by Gasteiger charge is -2.25. The number of aromatic nitrogens is 2. The summed E-state index contributed by atoms with van der Waals surface area (Å²) < 4.78 is 10.5. The van der Waals surface area contributed by atoms with E-state index < -0.39 is 4.92 Å². The Morgan fingerprint density at radius 2 is 1.59 bits per heavy atom. The third kappa shape index (κ3) is 5.38. The predicted octanol–water partition coefficient (Wildman–Crippen LogP) is 0.308. The van der Waals surface area contributed by atoms with E-state index in [2.05, 4.69) is 9.88 Å². The molecule has 0 aliphatic carbocycles. The molecule has 0 amide bonds. The van der Waals surface area contributed by atoms with E-state index in [-0.39, 0.29) is 18.1 Å². The molecule has 1 aromatic heterocycles. The maximum absolute atomic E-state index is 10.9. The number of nitro groups is 1. The normalized spacial score (nSPS) is 10.6. The van der Waals surface area contributed by atoms with Crippen molar-refractivity contribution < 1.29 is 26.8 Å². The Labute approximate surface area is 175 Å². The quantitative estimate of drug-likeness (QED) is 0.365. The second-order valence-corrected chi connectivity index (χ2v) is 6.16. The van der Waals surface area contributed by atoms with Crippen molar-refractivity contribution in [1.82, 2.24) is 9.97 Å². The first-order valence-electron chi connectivity index (χ1n) is 8.88. The van der Waals surface area contributed by atoms with Crippen molar-refractivity contribution >= 4 is 22.4 Å². The zero-order chi connectivity index (χ0) is 19.9. The SMILES string of the molecule is COCCN(CCOC)c1nc(-c2ccc([N+](=O)[O-])cc2)nc2ccccc12.[Cl-]. The molecule has 8 nitrogen and oxygen atoms in total. The van der Waals surface area contributed by atoms with Crippen LogP contribution in [0.15, 0.2) is 48.5 Å². The number of fused-ring (bicyclic) bond motifs is 1. The van der Waals surface area contributed by atoms with Crippen LogP contribution in [0, 0.1) is 10.1 Å². The molecule has 2 aromatic carbocycles. The van der Waals surface area contributed by atoms with Gasteiger partial charge in [-0.05, 0) is 24.3 Å². The Hall–Kier alpha value is -2.81. The van der Waals surface area contributed by atoms with Gasteiger partial charge in [-0.25, -0.2) is 9.97 Å². The van der Waals surface area contributed by atoms with Crippen LogP contribution in [-0.2, 0) is 9.47 Å². The van der Waals surface area contributed by atoms with Crippen LogP contribution in [0.4, 0.5) is 11.5 Å². The van der Waals surface area contributed by atoms with Gasteiger partial charge in [-0.15, -0.1) is 0 Å². The number of hydrogen-bond acceptors (Lipinski definition) is 7. The van der Waals surface area contributed by atoms with E-state index in [9.17, 15) is 10.1 Å². The van der Waals surface area contributed by atoms with Crippen molar-refractivity contribution in [2.75, 3.05) is 45.4 Å². The summed E-state index contributed by atoms with van der Waals surface area (Å²) in [4.78, 5) is 22.0. The molecule has 0 saturated carbocycles. The minimum atomic E-state index is -0.423. The molecule has 1 heterocycles. The zero-order valence-corrected chi connectivity index (χ0v) is 17.0. The molecule has 0 radical (unpaired) electrons. The van der Waals surface area contributed by atoms with Crippen LogP contribution in [-0.4, -0.2) is 55.4 Å². The molecule has 0 unspecified atom stereocenters. The Morgan fingerprint density at radius 3 is 2.17 bits per heavy atom. The maximum atomic E-state index is 10.9. The number of methoxy groups -OCH3 is 2. The first kappa shape index (κ1) is 22.5. The molecule has 29 heavy (non-hydrogen) atoms. The molecule has 0 fully saturated rings. The summed E-state index contributed by atoms with van der Waals surface area (Å²) in [5.74, 6) is 1.30. The van der Waals surface area contributed by atoms with Gasteiger partial charge in [0.2, 0.25) is 0 Å². The Morgan fingerprint density at radius 1 is 0.966 bits per heavy atom. The molecular weight excluding hydrogens is 396 g/mol. The third-order valence-corrected chi connectivity index (χ3v) is 4.35. The van der Waals surface area contributed by atoms with Crippen LogP contribution in [0.1, 0.15) is 0 Å². The fraction of sp³-hybridized carbons (Fsp3) is 0.300. The van der Waals surface area contributed by atoms with Gasteiger partial charge in [-0.1, -0.05) is 12.1 Å². The van der Waals surface area contributed by atoms with Gasteiger partial charge in [-0.3, -0.25) is 10.1 Å². The molecule has 0 saturated heterocycles. The van der Waals surface area contributed by atoms with E-state index in [1.165, 1.54) is 12.1 Å². The Balaban J connectivity index is 0.00000300. The lowest BCUT2D eigenvalue weighted by molar-refractivity contribution is -0.384. The summed E-state index contributed by atoms with van der Waals surface area (Å²) in [6, 6.07) is 14.0. The number of hydrogen-bond donors (Lipinski definition) is 0. The molecule has 0 aliphatic rings. The Bertz CT molecular complexity index is 945. The van der Waals surface area contributed by atoms with E-state index >= 15 is 0 Å². The molecule has 0 N–H and O–H groups in total. The third-order valence-electron chi connectivity index (χ3n) is 4.35. The van der Waals surface area contributed by atoms with Crippen molar-refractivity contribution in [3.8, 4) is 11.4 Å². The molecule has 0 atom stereocenters. The number of non-ortho nitro benzene ring substituents is 1. The molecule has 3 rings (SSSR count). The highest BCUT2D eigenvalue weighted by Gasteiger charge is 2.16. The lowest BCUT2D eigenvalue weighted by Crippen LogP contribution is -3.00. The minimum absolute atomic E-state index is 0. The van der Waals surface area contributed by atoms with Crippen LogP contribution < -0.4 is 17.3 Å². The molecule has 0 bridgehead atoms. The van der Waals surface area contributed by atoms with Crippen LogP contribution in [0.3, 0.4) is 0 Å². The van der Waals surface area contributed by atoms with Gasteiger partial charge in [0.25, 0.3) is 5.69 Å². The summed E-state index contributed by atoms with van der Waals surface area (Å²) in [5.41, 5.74) is 1.56. The Kier molecular flexibility index (Phi) is 8.26. The van der Waals surface area contributed by atoms with Crippen molar-refractivity contribution in [3.63, 3.8) is 0 Å². The van der Waals surface area contributed by atoms with Gasteiger partial charge in [0.15, 0.2) is 5.82 Å². The average Bonchev–Trinajstić information content (AvgIpc) is 2.73. The summed E-state index contributed by atoms with van der Waals surface area (Å²) >= 11 is 0. The summed E-state index contributed by atoms with van der Waals surface area (Å²) in [6.07, 6.45) is 0. The highest BCUT2D eigenvalue weighted by molar-refractivity contribution is 5.91. The van der Waals surface area contributed by atoms with Crippen LogP contribution in [0.25, 0.3) is 22.3 Å². The molecule has 0 spiro atoms. The first-order chi connectivity index (χ1) is 13.6. The number of para-hydroxylation sites is 1.